The Balaban J connectivity index is 1.62. The summed E-state index contributed by atoms with van der Waals surface area (Å²) in [7, 11) is 0. The van der Waals surface area contributed by atoms with Gasteiger partial charge in [-0.2, -0.15) is 0 Å². The highest BCUT2D eigenvalue weighted by Gasteiger charge is 2.31. The molecule has 1 saturated heterocycles. The van der Waals surface area contributed by atoms with E-state index < -0.39 is 5.91 Å². The lowest BCUT2D eigenvalue weighted by Crippen LogP contribution is -2.39. The summed E-state index contributed by atoms with van der Waals surface area (Å²) in [5.41, 5.74) is 15.3. The third kappa shape index (κ3) is 4.77. The van der Waals surface area contributed by atoms with Gasteiger partial charge < -0.3 is 16.4 Å². The van der Waals surface area contributed by atoms with Crippen molar-refractivity contribution in [1.82, 2.24) is 14.9 Å². The average molecular weight is 430 g/mol. The number of aryl methyl sites for hydroxylation is 1. The van der Waals surface area contributed by atoms with Gasteiger partial charge in [0.05, 0.1) is 11.7 Å². The number of nitrogens with zero attached hydrogens (tertiary/aromatic N) is 3. The zero-order valence-corrected chi connectivity index (χ0v) is 17.9. The Morgan fingerprint density at radius 2 is 1.78 bits per heavy atom. The van der Waals surface area contributed by atoms with E-state index in [9.17, 15) is 9.59 Å². The average Bonchev–Trinajstić information content (AvgIpc) is 2.83. The molecule has 7 nitrogen and oxygen atoms in total. The highest BCUT2D eigenvalue weighted by atomic mass is 16.2. The SMILES string of the molecule is NC(=O)c1ccc(-c2cnc(N)nc2[C@@H]2CCCCN2C(=O)CCc2ccccc2)cc1. The number of aromatic nitrogens is 2. The van der Waals surface area contributed by atoms with Gasteiger partial charge in [0, 0.05) is 30.3 Å². The molecule has 1 aromatic heterocycles. The van der Waals surface area contributed by atoms with E-state index in [1.165, 1.54) is 0 Å². The monoisotopic (exact) mass is 429 g/mol. The number of nitrogens with two attached hydrogens (primary N) is 2. The minimum Gasteiger partial charge on any atom is -0.368 e. The third-order valence-corrected chi connectivity index (χ3v) is 5.93. The topological polar surface area (TPSA) is 115 Å². The van der Waals surface area contributed by atoms with Gasteiger partial charge in [-0.15, -0.1) is 0 Å². The molecule has 1 fully saturated rings. The van der Waals surface area contributed by atoms with Gasteiger partial charge in [0.25, 0.3) is 0 Å². The van der Waals surface area contributed by atoms with Gasteiger partial charge in [0.1, 0.15) is 0 Å². The van der Waals surface area contributed by atoms with Gasteiger partial charge in [-0.1, -0.05) is 42.5 Å². The second-order valence-corrected chi connectivity index (χ2v) is 8.05. The summed E-state index contributed by atoms with van der Waals surface area (Å²) >= 11 is 0. The van der Waals surface area contributed by atoms with Crippen molar-refractivity contribution in [2.45, 2.75) is 38.1 Å². The molecule has 0 saturated carbocycles. The number of benzene rings is 2. The van der Waals surface area contributed by atoms with Crippen molar-refractivity contribution in [2.75, 3.05) is 12.3 Å². The zero-order chi connectivity index (χ0) is 22.5. The van der Waals surface area contributed by atoms with Crippen LogP contribution in [0, 0.1) is 0 Å². The molecule has 3 aromatic rings. The van der Waals surface area contributed by atoms with Crippen molar-refractivity contribution >= 4 is 17.8 Å². The van der Waals surface area contributed by atoms with Crippen LogP contribution in [-0.4, -0.2) is 33.2 Å². The molecule has 1 atom stereocenters. The minimum atomic E-state index is -0.479. The van der Waals surface area contributed by atoms with Crippen LogP contribution in [0.4, 0.5) is 5.95 Å². The fourth-order valence-electron chi connectivity index (χ4n) is 4.25. The van der Waals surface area contributed by atoms with Crippen LogP contribution in [0.25, 0.3) is 11.1 Å². The van der Waals surface area contributed by atoms with Crippen LogP contribution in [0.15, 0.2) is 60.8 Å². The van der Waals surface area contributed by atoms with E-state index in [0.717, 1.165) is 41.6 Å². The summed E-state index contributed by atoms with van der Waals surface area (Å²) in [4.78, 5) is 35.3. The van der Waals surface area contributed by atoms with E-state index in [1.807, 2.05) is 47.4 Å². The number of hydrogen-bond donors (Lipinski definition) is 2. The first-order chi connectivity index (χ1) is 15.5. The van der Waals surface area contributed by atoms with Crippen LogP contribution in [0.5, 0.6) is 0 Å². The first-order valence-corrected chi connectivity index (χ1v) is 10.9. The first kappa shape index (κ1) is 21.5. The summed E-state index contributed by atoms with van der Waals surface area (Å²) in [6.45, 7) is 0.697. The van der Waals surface area contributed by atoms with Crippen molar-refractivity contribution in [2.24, 2.45) is 5.73 Å². The molecular weight excluding hydrogens is 402 g/mol. The second kappa shape index (κ2) is 9.60. The van der Waals surface area contributed by atoms with Crippen LogP contribution in [-0.2, 0) is 11.2 Å². The fraction of sp³-hybridized carbons (Fsp3) is 0.280. The summed E-state index contributed by atoms with van der Waals surface area (Å²) in [5.74, 6) is -0.182. The molecule has 4 rings (SSSR count). The molecule has 0 unspecified atom stereocenters. The summed E-state index contributed by atoms with van der Waals surface area (Å²) < 4.78 is 0. The third-order valence-electron chi connectivity index (χ3n) is 5.93. The van der Waals surface area contributed by atoms with E-state index >= 15 is 0 Å². The Kier molecular flexibility index (Phi) is 6.44. The van der Waals surface area contributed by atoms with E-state index in [1.54, 1.807) is 18.3 Å². The van der Waals surface area contributed by atoms with Gasteiger partial charge in [-0.05, 0) is 48.9 Å². The Morgan fingerprint density at radius 1 is 1.03 bits per heavy atom. The zero-order valence-electron chi connectivity index (χ0n) is 17.9. The van der Waals surface area contributed by atoms with E-state index in [0.29, 0.717) is 24.9 Å². The van der Waals surface area contributed by atoms with E-state index in [4.69, 9.17) is 11.5 Å². The Bertz CT molecular complexity index is 1100. The van der Waals surface area contributed by atoms with E-state index in [-0.39, 0.29) is 17.9 Å². The molecule has 164 valence electrons. The first-order valence-electron chi connectivity index (χ1n) is 10.9. The Morgan fingerprint density at radius 3 is 2.50 bits per heavy atom. The number of rotatable bonds is 6. The molecule has 1 aliphatic rings. The van der Waals surface area contributed by atoms with Gasteiger partial charge in [0.2, 0.25) is 17.8 Å². The van der Waals surface area contributed by atoms with Crippen LogP contribution < -0.4 is 11.5 Å². The molecule has 7 heteroatoms. The fourth-order valence-corrected chi connectivity index (χ4v) is 4.25. The molecule has 32 heavy (non-hydrogen) atoms. The largest absolute Gasteiger partial charge is 0.368 e. The number of primary amides is 1. The number of nitrogen functional groups attached to an aromatic ring is 1. The van der Waals surface area contributed by atoms with Crippen LogP contribution in [0.2, 0.25) is 0 Å². The smallest absolute Gasteiger partial charge is 0.248 e. The van der Waals surface area contributed by atoms with Crippen LogP contribution in [0.1, 0.15) is 53.3 Å². The molecule has 1 aliphatic heterocycles. The molecule has 2 amide bonds. The molecule has 2 heterocycles. The molecule has 0 radical (unpaired) electrons. The highest BCUT2D eigenvalue weighted by Crippen LogP contribution is 2.36. The van der Waals surface area contributed by atoms with Crippen molar-refractivity contribution in [3.8, 4) is 11.1 Å². The standard InChI is InChI=1S/C25H27N5O2/c26-24(32)19-12-10-18(11-13-19)20-16-28-25(27)29-23(20)21-8-4-5-15-30(21)22(31)14-9-17-6-2-1-3-7-17/h1-3,6-7,10-13,16,21H,4-5,8-9,14-15H2,(H2,26,32)(H2,27,28,29)/t21-/m0/s1. The highest BCUT2D eigenvalue weighted by molar-refractivity contribution is 5.93. The van der Waals surface area contributed by atoms with Gasteiger partial charge in [0.15, 0.2) is 0 Å². The number of amides is 2. The summed E-state index contributed by atoms with van der Waals surface area (Å²) in [5, 5.41) is 0. The molecule has 2 aromatic carbocycles. The Hall–Kier alpha value is -3.74. The maximum Gasteiger partial charge on any atom is 0.248 e. The lowest BCUT2D eigenvalue weighted by Gasteiger charge is -2.36. The predicted octanol–water partition coefficient (Wildman–Crippen LogP) is 3.51. The molecular formula is C25H27N5O2. The van der Waals surface area contributed by atoms with Crippen molar-refractivity contribution in [3.05, 3.63) is 77.6 Å². The molecule has 0 bridgehead atoms. The van der Waals surface area contributed by atoms with Gasteiger partial charge >= 0.3 is 0 Å². The van der Waals surface area contributed by atoms with Crippen molar-refractivity contribution in [3.63, 3.8) is 0 Å². The van der Waals surface area contributed by atoms with Gasteiger partial charge in [-0.25, -0.2) is 9.97 Å². The quantitative estimate of drug-likeness (QED) is 0.622. The number of hydrogen-bond acceptors (Lipinski definition) is 5. The maximum absolute atomic E-state index is 13.2. The second-order valence-electron chi connectivity index (χ2n) is 8.05. The molecule has 4 N–H and O–H groups in total. The Labute approximate surface area is 187 Å². The van der Waals surface area contributed by atoms with Crippen LogP contribution in [0.3, 0.4) is 0 Å². The number of carbonyl (C=O) groups is 2. The number of anilines is 1. The molecule has 0 aliphatic carbocycles. The minimum absolute atomic E-state index is 0.116. The normalized spacial score (nSPS) is 16.0. The number of piperidine rings is 1. The van der Waals surface area contributed by atoms with E-state index in [2.05, 4.69) is 9.97 Å². The predicted molar refractivity (Wildman–Crippen MR) is 123 cm³/mol. The number of likely N-dealkylation sites (tertiary alicyclic amines) is 1. The van der Waals surface area contributed by atoms with Crippen molar-refractivity contribution < 1.29 is 9.59 Å². The van der Waals surface area contributed by atoms with Crippen molar-refractivity contribution in [1.29, 1.82) is 0 Å². The number of carbonyl (C=O) groups excluding carboxylic acids is 2. The van der Waals surface area contributed by atoms with Gasteiger partial charge in [-0.3, -0.25) is 9.59 Å². The molecule has 0 spiro atoms. The summed E-state index contributed by atoms with van der Waals surface area (Å²) in [6.07, 6.45) is 5.64. The summed E-state index contributed by atoms with van der Waals surface area (Å²) in [6, 6.07) is 16.9. The lowest BCUT2D eigenvalue weighted by molar-refractivity contribution is -0.135. The lowest BCUT2D eigenvalue weighted by atomic mass is 9.93. The maximum atomic E-state index is 13.2. The van der Waals surface area contributed by atoms with Crippen LogP contribution >= 0.6 is 0 Å².